The van der Waals surface area contributed by atoms with Gasteiger partial charge in [0.1, 0.15) is 0 Å². The van der Waals surface area contributed by atoms with E-state index in [0.717, 1.165) is 11.3 Å². The first kappa shape index (κ1) is 12.2. The van der Waals surface area contributed by atoms with E-state index in [0.29, 0.717) is 16.0 Å². The monoisotopic (exact) mass is 289 g/mol. The van der Waals surface area contributed by atoms with Crippen LogP contribution < -0.4 is 10.6 Å². The first-order valence-corrected chi connectivity index (χ1v) is 6.27. The van der Waals surface area contributed by atoms with Gasteiger partial charge in [-0.05, 0) is 12.1 Å². The number of aromatic nitrogens is 3. The highest BCUT2D eigenvalue weighted by atomic mass is 32.1. The molecule has 0 saturated carbocycles. The molecule has 0 fully saturated rings. The second kappa shape index (κ2) is 4.38. The smallest absolute Gasteiger partial charge is 0.314 e. The summed E-state index contributed by atoms with van der Waals surface area (Å²) in [7, 11) is 0. The molecule has 2 aromatic heterocycles. The van der Waals surface area contributed by atoms with Crippen LogP contribution in [-0.2, 0) is 0 Å². The van der Waals surface area contributed by atoms with Gasteiger partial charge in [-0.1, -0.05) is 11.3 Å². The number of nitrogens with zero attached hydrogens (tertiary/aromatic N) is 4. The molecule has 2 N–H and O–H groups in total. The normalized spacial score (nSPS) is 10.8. The van der Waals surface area contributed by atoms with Crippen LogP contribution in [0.25, 0.3) is 16.0 Å². The van der Waals surface area contributed by atoms with Crippen molar-refractivity contribution in [1.82, 2.24) is 14.5 Å². The van der Waals surface area contributed by atoms with Gasteiger partial charge in [0.05, 0.1) is 21.5 Å². The highest BCUT2D eigenvalue weighted by Gasteiger charge is 2.13. The molecule has 0 spiro atoms. The summed E-state index contributed by atoms with van der Waals surface area (Å²) in [6, 6.07) is 5.64. The maximum atomic E-state index is 12.0. The Morgan fingerprint density at radius 1 is 1.30 bits per heavy atom. The van der Waals surface area contributed by atoms with Crippen LogP contribution in [0.1, 0.15) is 0 Å². The minimum Gasteiger partial charge on any atom is -0.368 e. The first-order valence-electron chi connectivity index (χ1n) is 5.45. The van der Waals surface area contributed by atoms with Crippen LogP contribution in [0.5, 0.6) is 0 Å². The van der Waals surface area contributed by atoms with Gasteiger partial charge in [0, 0.05) is 12.1 Å². The maximum Gasteiger partial charge on any atom is 0.314 e. The molecule has 0 aliphatic rings. The van der Waals surface area contributed by atoms with Crippen molar-refractivity contribution in [3.8, 4) is 5.69 Å². The van der Waals surface area contributed by atoms with Gasteiger partial charge in [0.2, 0.25) is 5.95 Å². The fourth-order valence-electron chi connectivity index (χ4n) is 1.78. The van der Waals surface area contributed by atoms with Gasteiger partial charge in [-0.25, -0.2) is 4.98 Å². The minimum atomic E-state index is -0.502. The standard InChI is InChI=1S/C11H7N5O3S/c12-10-13-5-8-9(14-10)15(11(17)20-8)6-1-3-7(4-2-6)16(18)19/h1-5H,(H2,12,13,14). The van der Waals surface area contributed by atoms with Gasteiger partial charge in [0.25, 0.3) is 5.69 Å². The Morgan fingerprint density at radius 2 is 2.00 bits per heavy atom. The third kappa shape index (κ3) is 1.89. The molecule has 20 heavy (non-hydrogen) atoms. The Bertz CT molecular complexity index is 868. The number of benzene rings is 1. The SMILES string of the molecule is Nc1ncc2sc(=O)n(-c3ccc([N+](=O)[O-])cc3)c2n1. The lowest BCUT2D eigenvalue weighted by Crippen LogP contribution is -2.11. The Kier molecular flexibility index (Phi) is 2.68. The second-order valence-corrected chi connectivity index (χ2v) is 4.89. The van der Waals surface area contributed by atoms with E-state index in [1.54, 1.807) is 0 Å². The summed E-state index contributed by atoms with van der Waals surface area (Å²) in [5.74, 6) is 0.0611. The van der Waals surface area contributed by atoms with Gasteiger partial charge < -0.3 is 5.73 Å². The molecule has 0 atom stereocenters. The lowest BCUT2D eigenvalue weighted by atomic mass is 10.3. The summed E-state index contributed by atoms with van der Waals surface area (Å²) in [6.07, 6.45) is 1.48. The van der Waals surface area contributed by atoms with Crippen molar-refractivity contribution in [3.05, 3.63) is 50.2 Å². The van der Waals surface area contributed by atoms with Crippen molar-refractivity contribution in [2.24, 2.45) is 0 Å². The minimum absolute atomic E-state index is 0.0459. The number of nitrogen functional groups attached to an aromatic ring is 1. The van der Waals surface area contributed by atoms with Crippen LogP contribution in [0.3, 0.4) is 0 Å². The summed E-state index contributed by atoms with van der Waals surface area (Å²) >= 11 is 0.986. The van der Waals surface area contributed by atoms with E-state index in [9.17, 15) is 14.9 Å². The molecule has 3 rings (SSSR count). The molecule has 0 aliphatic heterocycles. The Labute approximate surface area is 115 Å². The fourth-order valence-corrected chi connectivity index (χ4v) is 2.59. The van der Waals surface area contributed by atoms with Crippen LogP contribution in [0.4, 0.5) is 11.6 Å². The van der Waals surface area contributed by atoms with Crippen LogP contribution in [0.2, 0.25) is 0 Å². The van der Waals surface area contributed by atoms with Crippen molar-refractivity contribution in [2.45, 2.75) is 0 Å². The Balaban J connectivity index is 2.23. The van der Waals surface area contributed by atoms with Crippen molar-refractivity contribution in [2.75, 3.05) is 5.73 Å². The summed E-state index contributed by atoms with van der Waals surface area (Å²) in [5.41, 5.74) is 6.36. The third-order valence-electron chi connectivity index (χ3n) is 2.67. The molecule has 8 nitrogen and oxygen atoms in total. The third-order valence-corrected chi connectivity index (χ3v) is 3.53. The Morgan fingerprint density at radius 3 is 2.65 bits per heavy atom. The average Bonchev–Trinajstić information content (AvgIpc) is 2.74. The van der Waals surface area contributed by atoms with E-state index in [1.807, 2.05) is 0 Å². The van der Waals surface area contributed by atoms with Gasteiger partial charge in [-0.3, -0.25) is 19.5 Å². The van der Waals surface area contributed by atoms with Gasteiger partial charge >= 0.3 is 4.87 Å². The molecule has 0 radical (unpaired) electrons. The van der Waals surface area contributed by atoms with Crippen molar-refractivity contribution >= 4 is 33.3 Å². The molecular weight excluding hydrogens is 282 g/mol. The first-order chi connectivity index (χ1) is 9.56. The molecule has 2 heterocycles. The molecular formula is C11H7N5O3S. The fraction of sp³-hybridized carbons (Fsp3) is 0. The molecule has 0 unspecified atom stereocenters. The number of nitro benzene ring substituents is 1. The lowest BCUT2D eigenvalue weighted by Gasteiger charge is -2.02. The van der Waals surface area contributed by atoms with E-state index < -0.39 is 4.92 Å². The number of anilines is 1. The van der Waals surface area contributed by atoms with E-state index in [2.05, 4.69) is 9.97 Å². The molecule has 9 heteroatoms. The van der Waals surface area contributed by atoms with Gasteiger partial charge in [0.15, 0.2) is 5.65 Å². The molecule has 1 aromatic carbocycles. The predicted molar refractivity (Wildman–Crippen MR) is 74.1 cm³/mol. The zero-order chi connectivity index (χ0) is 14.3. The van der Waals surface area contributed by atoms with Crippen LogP contribution in [0.15, 0.2) is 35.3 Å². The summed E-state index contributed by atoms with van der Waals surface area (Å²) < 4.78 is 1.95. The summed E-state index contributed by atoms with van der Waals surface area (Å²) in [5, 5.41) is 10.6. The Hall–Kier alpha value is -2.81. The number of nitro groups is 1. The van der Waals surface area contributed by atoms with Crippen LogP contribution >= 0.6 is 11.3 Å². The summed E-state index contributed by atoms with van der Waals surface area (Å²) in [6.45, 7) is 0. The molecule has 100 valence electrons. The van der Waals surface area contributed by atoms with E-state index in [1.165, 1.54) is 35.0 Å². The zero-order valence-corrected chi connectivity index (χ0v) is 10.7. The highest BCUT2D eigenvalue weighted by Crippen LogP contribution is 2.20. The van der Waals surface area contributed by atoms with Gasteiger partial charge in [-0.2, -0.15) is 4.98 Å². The quantitative estimate of drug-likeness (QED) is 0.561. The molecule has 0 amide bonds. The number of fused-ring (bicyclic) bond motifs is 1. The van der Waals surface area contributed by atoms with Gasteiger partial charge in [-0.15, -0.1) is 0 Å². The molecule has 3 aromatic rings. The number of non-ortho nitro benzene ring substituents is 1. The lowest BCUT2D eigenvalue weighted by molar-refractivity contribution is -0.384. The highest BCUT2D eigenvalue weighted by molar-refractivity contribution is 7.16. The summed E-state index contributed by atoms with van der Waals surface area (Å²) in [4.78, 5) is 29.7. The molecule has 0 aliphatic carbocycles. The molecule has 0 bridgehead atoms. The molecule has 0 saturated heterocycles. The van der Waals surface area contributed by atoms with E-state index >= 15 is 0 Å². The predicted octanol–water partition coefficient (Wildman–Crippen LogP) is 1.33. The van der Waals surface area contributed by atoms with Crippen molar-refractivity contribution in [1.29, 1.82) is 0 Å². The maximum absolute atomic E-state index is 12.0. The topological polar surface area (TPSA) is 117 Å². The largest absolute Gasteiger partial charge is 0.368 e. The van der Waals surface area contributed by atoms with E-state index in [4.69, 9.17) is 5.73 Å². The zero-order valence-electron chi connectivity index (χ0n) is 9.89. The number of rotatable bonds is 2. The average molecular weight is 289 g/mol. The number of nitrogens with two attached hydrogens (primary N) is 1. The van der Waals surface area contributed by atoms with Crippen LogP contribution in [-0.4, -0.2) is 19.5 Å². The number of thiazole rings is 1. The van der Waals surface area contributed by atoms with Crippen LogP contribution in [0, 0.1) is 10.1 Å². The van der Waals surface area contributed by atoms with E-state index in [-0.39, 0.29) is 16.5 Å². The second-order valence-electron chi connectivity index (χ2n) is 3.89. The number of hydrogen-bond donors (Lipinski definition) is 1. The van der Waals surface area contributed by atoms with Crippen molar-refractivity contribution in [3.63, 3.8) is 0 Å². The number of hydrogen-bond acceptors (Lipinski definition) is 7. The van der Waals surface area contributed by atoms with Crippen molar-refractivity contribution < 1.29 is 4.92 Å².